The van der Waals surface area contributed by atoms with Crippen molar-refractivity contribution in [3.63, 3.8) is 0 Å². The number of sulfonamides is 1. The van der Waals surface area contributed by atoms with Crippen molar-refractivity contribution in [2.75, 3.05) is 12.8 Å². The second kappa shape index (κ2) is 3.83. The van der Waals surface area contributed by atoms with Crippen LogP contribution in [0.5, 0.6) is 0 Å². The van der Waals surface area contributed by atoms with Crippen LogP contribution in [-0.4, -0.2) is 31.4 Å². The molecule has 0 unspecified atom stereocenters. The highest BCUT2D eigenvalue weighted by atomic mass is 32.2. The topological polar surface area (TPSA) is 80.5 Å². The van der Waals surface area contributed by atoms with Crippen molar-refractivity contribution in [1.82, 2.24) is 4.31 Å². The Balaban J connectivity index is 2.67. The van der Waals surface area contributed by atoms with Gasteiger partial charge in [0, 0.05) is 6.20 Å². The minimum atomic E-state index is -3.19. The SMILES string of the molecule is CS(=O)(=O)N1C=CC(CC(N)=O)=CC1. The van der Waals surface area contributed by atoms with Crippen LogP contribution in [-0.2, 0) is 14.8 Å². The zero-order valence-electron chi connectivity index (χ0n) is 7.80. The maximum absolute atomic E-state index is 11.1. The Labute approximate surface area is 82.9 Å². The summed E-state index contributed by atoms with van der Waals surface area (Å²) < 4.78 is 23.3. The van der Waals surface area contributed by atoms with Gasteiger partial charge in [0.1, 0.15) is 0 Å². The first kappa shape index (κ1) is 10.8. The van der Waals surface area contributed by atoms with E-state index >= 15 is 0 Å². The predicted octanol–water partition coefficient (Wildman–Crippen LogP) is -0.423. The maximum Gasteiger partial charge on any atom is 0.232 e. The lowest BCUT2D eigenvalue weighted by Crippen LogP contribution is -2.27. The normalized spacial score (nSPS) is 16.6. The molecule has 78 valence electrons. The highest BCUT2D eigenvalue weighted by molar-refractivity contribution is 7.88. The molecule has 0 fully saturated rings. The van der Waals surface area contributed by atoms with Crippen molar-refractivity contribution in [3.8, 4) is 0 Å². The maximum atomic E-state index is 11.1. The molecule has 5 nitrogen and oxygen atoms in total. The first-order valence-electron chi connectivity index (χ1n) is 4.02. The molecule has 1 rings (SSSR count). The molecule has 0 aliphatic carbocycles. The first-order valence-corrected chi connectivity index (χ1v) is 5.87. The van der Waals surface area contributed by atoms with E-state index in [4.69, 9.17) is 5.73 Å². The molecular weight excluding hydrogens is 204 g/mol. The summed E-state index contributed by atoms with van der Waals surface area (Å²) in [4.78, 5) is 10.6. The Hall–Kier alpha value is -1.30. The molecule has 0 aromatic rings. The molecule has 0 aromatic carbocycles. The van der Waals surface area contributed by atoms with Gasteiger partial charge in [-0.2, -0.15) is 0 Å². The summed E-state index contributed by atoms with van der Waals surface area (Å²) in [6.45, 7) is 0.262. The lowest BCUT2D eigenvalue weighted by Gasteiger charge is -2.19. The first-order chi connectivity index (χ1) is 6.39. The Morgan fingerprint density at radius 3 is 2.64 bits per heavy atom. The van der Waals surface area contributed by atoms with Crippen LogP contribution in [0.2, 0.25) is 0 Å². The van der Waals surface area contributed by atoms with Gasteiger partial charge in [-0.05, 0) is 11.6 Å². The second-order valence-corrected chi connectivity index (χ2v) is 5.01. The number of primary amides is 1. The van der Waals surface area contributed by atoms with Crippen molar-refractivity contribution in [1.29, 1.82) is 0 Å². The zero-order chi connectivity index (χ0) is 10.8. The smallest absolute Gasteiger partial charge is 0.232 e. The average molecular weight is 216 g/mol. The summed E-state index contributed by atoms with van der Waals surface area (Å²) >= 11 is 0. The summed E-state index contributed by atoms with van der Waals surface area (Å²) in [5.41, 5.74) is 5.75. The second-order valence-electron chi connectivity index (χ2n) is 3.07. The Kier molecular flexibility index (Phi) is 2.95. The number of allylic oxidation sites excluding steroid dienone is 1. The number of hydrogen-bond donors (Lipinski definition) is 1. The lowest BCUT2D eigenvalue weighted by molar-refractivity contribution is -0.117. The zero-order valence-corrected chi connectivity index (χ0v) is 8.62. The lowest BCUT2D eigenvalue weighted by atomic mass is 10.1. The van der Waals surface area contributed by atoms with E-state index in [2.05, 4.69) is 0 Å². The number of nitrogens with two attached hydrogens (primary N) is 1. The van der Waals surface area contributed by atoms with Gasteiger partial charge >= 0.3 is 0 Å². The minimum absolute atomic E-state index is 0.147. The minimum Gasteiger partial charge on any atom is -0.369 e. The van der Waals surface area contributed by atoms with Crippen molar-refractivity contribution in [2.45, 2.75) is 6.42 Å². The molecule has 0 aromatic heterocycles. The molecule has 1 aliphatic rings. The van der Waals surface area contributed by atoms with Gasteiger partial charge in [0.05, 0.1) is 19.2 Å². The van der Waals surface area contributed by atoms with Crippen LogP contribution in [0.25, 0.3) is 0 Å². The van der Waals surface area contributed by atoms with E-state index in [1.165, 1.54) is 10.5 Å². The fraction of sp³-hybridized carbons (Fsp3) is 0.375. The quantitative estimate of drug-likeness (QED) is 0.695. The fourth-order valence-electron chi connectivity index (χ4n) is 1.09. The number of amides is 1. The van der Waals surface area contributed by atoms with Crippen LogP contribution in [0.3, 0.4) is 0 Å². The summed E-state index contributed by atoms with van der Waals surface area (Å²) in [6.07, 6.45) is 5.97. The van der Waals surface area contributed by atoms with Gasteiger partial charge in [0.25, 0.3) is 0 Å². The van der Waals surface area contributed by atoms with Crippen LogP contribution in [0.4, 0.5) is 0 Å². The summed E-state index contributed by atoms with van der Waals surface area (Å²) in [5.74, 6) is -0.422. The molecule has 0 bridgehead atoms. The summed E-state index contributed by atoms with van der Waals surface area (Å²) in [6, 6.07) is 0. The van der Waals surface area contributed by atoms with Crippen molar-refractivity contribution in [2.24, 2.45) is 5.73 Å². The third-order valence-corrected chi connectivity index (χ3v) is 2.92. The molecule has 1 heterocycles. The number of rotatable bonds is 3. The average Bonchev–Trinajstić information content (AvgIpc) is 2.02. The van der Waals surface area contributed by atoms with Gasteiger partial charge in [-0.15, -0.1) is 0 Å². The molecule has 0 atom stereocenters. The largest absolute Gasteiger partial charge is 0.369 e. The molecule has 1 amide bonds. The van der Waals surface area contributed by atoms with E-state index in [1.807, 2.05) is 0 Å². The van der Waals surface area contributed by atoms with Gasteiger partial charge in [-0.25, -0.2) is 8.42 Å². The molecule has 0 spiro atoms. The van der Waals surface area contributed by atoms with Crippen LogP contribution < -0.4 is 5.73 Å². The standard InChI is InChI=1S/C8H12N2O3S/c1-14(12,13)10-4-2-7(3-5-10)6-8(9)11/h2-4H,5-6H2,1H3,(H2,9,11). The van der Waals surface area contributed by atoms with Crippen molar-refractivity contribution in [3.05, 3.63) is 23.9 Å². The molecule has 2 N–H and O–H groups in total. The van der Waals surface area contributed by atoms with E-state index in [0.717, 1.165) is 11.8 Å². The number of carbonyl (C=O) groups excluding carboxylic acids is 1. The molecular formula is C8H12N2O3S. The number of carbonyl (C=O) groups is 1. The van der Waals surface area contributed by atoms with E-state index in [-0.39, 0.29) is 13.0 Å². The van der Waals surface area contributed by atoms with Crippen LogP contribution in [0.15, 0.2) is 23.9 Å². The third-order valence-electron chi connectivity index (χ3n) is 1.79. The third kappa shape index (κ3) is 2.88. The molecule has 1 aliphatic heterocycles. The van der Waals surface area contributed by atoms with Gasteiger partial charge in [-0.3, -0.25) is 9.10 Å². The summed E-state index contributed by atoms with van der Waals surface area (Å²) in [7, 11) is -3.19. The van der Waals surface area contributed by atoms with E-state index < -0.39 is 15.9 Å². The van der Waals surface area contributed by atoms with Crippen LogP contribution in [0, 0.1) is 0 Å². The van der Waals surface area contributed by atoms with Gasteiger partial charge < -0.3 is 5.73 Å². The molecule has 0 saturated carbocycles. The summed E-state index contributed by atoms with van der Waals surface area (Å²) in [5, 5.41) is 0. The van der Waals surface area contributed by atoms with E-state index in [1.54, 1.807) is 12.2 Å². The fourth-order valence-corrected chi connectivity index (χ4v) is 1.72. The van der Waals surface area contributed by atoms with Crippen LogP contribution in [0.1, 0.15) is 6.42 Å². The Morgan fingerprint density at radius 1 is 1.64 bits per heavy atom. The van der Waals surface area contributed by atoms with E-state index in [0.29, 0.717) is 0 Å². The molecule has 14 heavy (non-hydrogen) atoms. The molecule has 6 heteroatoms. The van der Waals surface area contributed by atoms with Gasteiger partial charge in [0.15, 0.2) is 0 Å². The van der Waals surface area contributed by atoms with Crippen molar-refractivity contribution >= 4 is 15.9 Å². The van der Waals surface area contributed by atoms with Gasteiger partial charge in [0.2, 0.25) is 15.9 Å². The predicted molar refractivity (Wildman–Crippen MR) is 52.6 cm³/mol. The van der Waals surface area contributed by atoms with Gasteiger partial charge in [-0.1, -0.05) is 6.08 Å². The van der Waals surface area contributed by atoms with Crippen molar-refractivity contribution < 1.29 is 13.2 Å². The highest BCUT2D eigenvalue weighted by Gasteiger charge is 2.14. The Bertz CT molecular complexity index is 395. The number of hydrogen-bond acceptors (Lipinski definition) is 3. The van der Waals surface area contributed by atoms with E-state index in [9.17, 15) is 13.2 Å². The Morgan fingerprint density at radius 2 is 2.29 bits per heavy atom. The molecule has 0 radical (unpaired) electrons. The molecule has 0 saturated heterocycles. The van der Waals surface area contributed by atoms with Crippen LogP contribution >= 0.6 is 0 Å². The highest BCUT2D eigenvalue weighted by Crippen LogP contribution is 2.12. The monoisotopic (exact) mass is 216 g/mol. The number of nitrogens with zero attached hydrogens (tertiary/aromatic N) is 1.